The van der Waals surface area contributed by atoms with Crippen LogP contribution in [0.15, 0.2) is 0 Å². The molecule has 0 aromatic rings. The Kier molecular flexibility index (Phi) is 19.2. The van der Waals surface area contributed by atoms with Gasteiger partial charge in [-0.25, -0.2) is 0 Å². The van der Waals surface area contributed by atoms with Crippen molar-refractivity contribution < 1.29 is 4.74 Å². The SMILES string of the molecule is CCCCCCCCCCCCCCCCCC(C)OC(=S)CC#N. The molecule has 1 unspecified atom stereocenters. The summed E-state index contributed by atoms with van der Waals surface area (Å²) in [4.78, 5) is 0. The van der Waals surface area contributed by atoms with Gasteiger partial charge in [0.2, 0.25) is 0 Å². The van der Waals surface area contributed by atoms with Gasteiger partial charge in [0.1, 0.15) is 6.42 Å². The van der Waals surface area contributed by atoms with Crippen molar-refractivity contribution in [3.63, 3.8) is 0 Å². The Morgan fingerprint density at radius 1 is 0.800 bits per heavy atom. The van der Waals surface area contributed by atoms with E-state index in [0.29, 0.717) is 5.05 Å². The van der Waals surface area contributed by atoms with Gasteiger partial charge in [-0.3, -0.25) is 0 Å². The summed E-state index contributed by atoms with van der Waals surface area (Å²) in [7, 11) is 0. The Bertz CT molecular complexity index is 337. The van der Waals surface area contributed by atoms with Gasteiger partial charge in [0, 0.05) is 0 Å². The first-order valence-electron chi connectivity index (χ1n) is 10.8. The van der Waals surface area contributed by atoms with Gasteiger partial charge in [-0.15, -0.1) is 0 Å². The van der Waals surface area contributed by atoms with Gasteiger partial charge in [-0.05, 0) is 32.0 Å². The average Bonchev–Trinajstić information content (AvgIpc) is 2.58. The molecular formula is C22H41NOS. The summed E-state index contributed by atoms with van der Waals surface area (Å²) in [5.74, 6) is 0. The van der Waals surface area contributed by atoms with Gasteiger partial charge >= 0.3 is 0 Å². The summed E-state index contributed by atoms with van der Waals surface area (Å²) in [5, 5.41) is 8.99. The highest BCUT2D eigenvalue weighted by atomic mass is 32.1. The summed E-state index contributed by atoms with van der Waals surface area (Å²) in [6, 6.07) is 2.03. The molecule has 0 heterocycles. The average molecular weight is 368 g/mol. The van der Waals surface area contributed by atoms with E-state index in [1.807, 2.05) is 13.0 Å². The molecule has 2 nitrogen and oxygen atoms in total. The first-order valence-corrected chi connectivity index (χ1v) is 11.2. The van der Waals surface area contributed by atoms with Crippen LogP contribution in [0.5, 0.6) is 0 Å². The van der Waals surface area contributed by atoms with Crippen LogP contribution in [0.25, 0.3) is 0 Å². The van der Waals surface area contributed by atoms with Gasteiger partial charge in [-0.2, -0.15) is 5.26 Å². The molecule has 0 fully saturated rings. The van der Waals surface area contributed by atoms with Crippen LogP contribution in [0.1, 0.15) is 123 Å². The van der Waals surface area contributed by atoms with Crippen LogP contribution in [0.4, 0.5) is 0 Å². The second kappa shape index (κ2) is 19.7. The standard InChI is InChI=1S/C22H41NOS/c1-3-4-5-6-7-8-9-10-11-12-13-14-15-16-17-18-21(2)24-22(25)19-20-23/h21H,3-19H2,1-2H3. The van der Waals surface area contributed by atoms with Crippen LogP contribution < -0.4 is 0 Å². The number of hydrogen-bond acceptors (Lipinski definition) is 3. The van der Waals surface area contributed by atoms with Gasteiger partial charge in [0.25, 0.3) is 0 Å². The second-order valence-corrected chi connectivity index (χ2v) is 7.83. The molecule has 1 atom stereocenters. The molecule has 0 aromatic heterocycles. The smallest absolute Gasteiger partial charge is 0.174 e. The van der Waals surface area contributed by atoms with Crippen LogP contribution in [0, 0.1) is 11.3 Å². The molecule has 3 heteroatoms. The first kappa shape index (κ1) is 24.4. The summed E-state index contributed by atoms with van der Waals surface area (Å²) in [6.45, 7) is 4.33. The maximum Gasteiger partial charge on any atom is 0.174 e. The van der Waals surface area contributed by atoms with E-state index in [-0.39, 0.29) is 12.5 Å². The Balaban J connectivity index is 3.16. The molecule has 25 heavy (non-hydrogen) atoms. The molecule has 0 aliphatic rings. The fraction of sp³-hybridized carbons (Fsp3) is 0.909. The molecule has 0 bridgehead atoms. The third kappa shape index (κ3) is 19.6. The largest absolute Gasteiger partial charge is 0.483 e. The monoisotopic (exact) mass is 367 g/mol. The fourth-order valence-corrected chi connectivity index (χ4v) is 3.42. The van der Waals surface area contributed by atoms with E-state index in [0.717, 1.165) is 6.42 Å². The lowest BCUT2D eigenvalue weighted by Crippen LogP contribution is -2.12. The Labute approximate surface area is 162 Å². The number of hydrogen-bond donors (Lipinski definition) is 0. The van der Waals surface area contributed by atoms with Crippen molar-refractivity contribution in [3.8, 4) is 6.07 Å². The molecule has 0 N–H and O–H groups in total. The summed E-state index contributed by atoms with van der Waals surface area (Å²) in [6.07, 6.45) is 22.3. The Hall–Kier alpha value is -0.620. The van der Waals surface area contributed by atoms with E-state index >= 15 is 0 Å². The normalized spacial score (nSPS) is 11.9. The van der Waals surface area contributed by atoms with E-state index < -0.39 is 0 Å². The highest BCUT2D eigenvalue weighted by Gasteiger charge is 2.05. The van der Waals surface area contributed by atoms with Crippen molar-refractivity contribution in [1.29, 1.82) is 5.26 Å². The van der Waals surface area contributed by atoms with E-state index in [9.17, 15) is 0 Å². The minimum Gasteiger partial charge on any atom is -0.483 e. The van der Waals surface area contributed by atoms with Crippen molar-refractivity contribution in [2.45, 2.75) is 129 Å². The number of nitrogens with zero attached hydrogens (tertiary/aromatic N) is 1. The zero-order chi connectivity index (χ0) is 18.6. The molecule has 0 saturated carbocycles. The summed E-state index contributed by atoms with van der Waals surface area (Å²) >= 11 is 5.00. The minimum absolute atomic E-state index is 0.155. The molecule has 0 spiro atoms. The minimum atomic E-state index is 0.155. The lowest BCUT2D eigenvalue weighted by atomic mass is 10.0. The molecule has 0 rings (SSSR count). The van der Waals surface area contributed by atoms with Crippen molar-refractivity contribution in [2.75, 3.05) is 0 Å². The van der Waals surface area contributed by atoms with E-state index in [4.69, 9.17) is 22.2 Å². The zero-order valence-electron chi connectivity index (χ0n) is 16.9. The van der Waals surface area contributed by atoms with Gasteiger partial charge < -0.3 is 4.74 Å². The van der Waals surface area contributed by atoms with Gasteiger partial charge in [0.05, 0.1) is 12.2 Å². The van der Waals surface area contributed by atoms with Gasteiger partial charge in [0.15, 0.2) is 5.05 Å². The van der Waals surface area contributed by atoms with Crippen LogP contribution in [0.3, 0.4) is 0 Å². The van der Waals surface area contributed by atoms with Crippen LogP contribution in [0.2, 0.25) is 0 Å². The lowest BCUT2D eigenvalue weighted by Gasteiger charge is -2.13. The van der Waals surface area contributed by atoms with Gasteiger partial charge in [-0.1, -0.05) is 96.8 Å². The van der Waals surface area contributed by atoms with Crippen molar-refractivity contribution >= 4 is 17.3 Å². The van der Waals surface area contributed by atoms with Crippen LogP contribution in [-0.2, 0) is 4.74 Å². The predicted octanol–water partition coefficient (Wildman–Crippen LogP) is 7.89. The highest BCUT2D eigenvalue weighted by molar-refractivity contribution is 7.80. The number of ether oxygens (including phenoxy) is 1. The third-order valence-electron chi connectivity index (χ3n) is 4.77. The van der Waals surface area contributed by atoms with Crippen molar-refractivity contribution in [3.05, 3.63) is 0 Å². The summed E-state index contributed by atoms with van der Waals surface area (Å²) in [5.41, 5.74) is 0. The molecule has 0 aliphatic carbocycles. The number of unbranched alkanes of at least 4 members (excludes halogenated alkanes) is 14. The molecule has 146 valence electrons. The molecule has 0 aliphatic heterocycles. The second-order valence-electron chi connectivity index (χ2n) is 7.37. The molecule has 0 radical (unpaired) electrons. The van der Waals surface area contributed by atoms with Crippen molar-refractivity contribution in [1.82, 2.24) is 0 Å². The van der Waals surface area contributed by atoms with Crippen LogP contribution >= 0.6 is 12.2 Å². The van der Waals surface area contributed by atoms with Crippen LogP contribution in [-0.4, -0.2) is 11.2 Å². The molecular weight excluding hydrogens is 326 g/mol. The third-order valence-corrected chi connectivity index (χ3v) is 5.01. The lowest BCUT2D eigenvalue weighted by molar-refractivity contribution is 0.195. The first-order chi connectivity index (χ1) is 12.2. The van der Waals surface area contributed by atoms with E-state index in [2.05, 4.69) is 6.92 Å². The highest BCUT2D eigenvalue weighted by Crippen LogP contribution is 2.14. The molecule has 0 saturated heterocycles. The topological polar surface area (TPSA) is 33.0 Å². The predicted molar refractivity (Wildman–Crippen MR) is 113 cm³/mol. The Morgan fingerprint density at radius 3 is 1.60 bits per heavy atom. The zero-order valence-corrected chi connectivity index (χ0v) is 17.7. The quantitative estimate of drug-likeness (QED) is 0.182. The summed E-state index contributed by atoms with van der Waals surface area (Å²) < 4.78 is 5.52. The number of rotatable bonds is 18. The molecule has 0 amide bonds. The van der Waals surface area contributed by atoms with E-state index in [1.54, 1.807) is 0 Å². The Morgan fingerprint density at radius 2 is 1.20 bits per heavy atom. The van der Waals surface area contributed by atoms with E-state index in [1.165, 1.54) is 96.3 Å². The number of thiocarbonyl (C=S) groups is 1. The number of nitriles is 1. The maximum absolute atomic E-state index is 8.55. The molecule has 0 aromatic carbocycles. The van der Waals surface area contributed by atoms with Crippen molar-refractivity contribution in [2.24, 2.45) is 0 Å². The maximum atomic E-state index is 8.55. The fourth-order valence-electron chi connectivity index (χ4n) is 3.19.